The first-order valence-electron chi connectivity index (χ1n) is 6.59. The highest BCUT2D eigenvalue weighted by Crippen LogP contribution is 2.34. The number of hydrogen-bond acceptors (Lipinski definition) is 3. The van der Waals surface area contributed by atoms with Crippen LogP contribution in [0, 0.1) is 0 Å². The van der Waals surface area contributed by atoms with Gasteiger partial charge in [0.05, 0.1) is 0 Å². The Morgan fingerprint density at radius 2 is 2.11 bits per heavy atom. The average molecular weight is 261 g/mol. The van der Waals surface area contributed by atoms with Gasteiger partial charge in [-0.25, -0.2) is 0 Å². The molecule has 0 saturated carbocycles. The van der Waals surface area contributed by atoms with Crippen LogP contribution in [0.2, 0.25) is 0 Å². The Hall–Kier alpha value is -1.97. The van der Waals surface area contributed by atoms with Crippen molar-refractivity contribution in [3.63, 3.8) is 0 Å². The summed E-state index contributed by atoms with van der Waals surface area (Å²) in [4.78, 5) is 11.9. The predicted molar refractivity (Wildman–Crippen MR) is 74.1 cm³/mol. The smallest absolute Gasteiger partial charge is 0.251 e. The number of carbonyl (C=O) groups excluding carboxylic acids is 1. The predicted octanol–water partition coefficient (Wildman–Crippen LogP) is 2.73. The molecule has 0 spiro atoms. The van der Waals surface area contributed by atoms with Crippen molar-refractivity contribution in [1.82, 2.24) is 5.32 Å². The largest absolute Gasteiger partial charge is 0.454 e. The highest BCUT2D eigenvalue weighted by Gasteiger charge is 2.16. The fourth-order valence-electron chi connectivity index (χ4n) is 1.90. The molecule has 0 aliphatic carbocycles. The normalized spacial score (nSPS) is 12.3. The van der Waals surface area contributed by atoms with Gasteiger partial charge in [0.1, 0.15) is 0 Å². The van der Waals surface area contributed by atoms with E-state index in [1.807, 2.05) is 6.07 Å². The van der Waals surface area contributed by atoms with E-state index in [2.05, 4.69) is 18.8 Å². The Morgan fingerprint density at radius 1 is 1.32 bits per heavy atom. The Morgan fingerprint density at radius 3 is 2.89 bits per heavy atom. The van der Waals surface area contributed by atoms with Crippen LogP contribution in [-0.4, -0.2) is 19.2 Å². The molecule has 1 heterocycles. The van der Waals surface area contributed by atoms with Gasteiger partial charge in [-0.05, 0) is 24.1 Å². The third-order valence-corrected chi connectivity index (χ3v) is 3.06. The molecule has 0 radical (unpaired) electrons. The molecule has 19 heavy (non-hydrogen) atoms. The number of unbranched alkanes of at least 4 members (excludes halogenated alkanes) is 2. The fourth-order valence-corrected chi connectivity index (χ4v) is 1.90. The number of nitrogens with one attached hydrogen (secondary N) is 1. The van der Waals surface area contributed by atoms with Crippen LogP contribution < -0.4 is 14.8 Å². The number of amides is 1. The fraction of sp³-hybridized carbons (Fsp3) is 0.400. The summed E-state index contributed by atoms with van der Waals surface area (Å²) in [5, 5.41) is 2.87. The van der Waals surface area contributed by atoms with E-state index in [0.717, 1.165) is 24.8 Å². The zero-order chi connectivity index (χ0) is 13.7. The van der Waals surface area contributed by atoms with E-state index in [0.29, 0.717) is 23.6 Å². The molecule has 4 heteroatoms. The zero-order valence-electron chi connectivity index (χ0n) is 11.2. The van der Waals surface area contributed by atoms with Gasteiger partial charge in [-0.15, -0.1) is 0 Å². The molecule has 1 amide bonds. The number of fused-ring (bicyclic) bond motifs is 1. The molecule has 1 N–H and O–H groups in total. The summed E-state index contributed by atoms with van der Waals surface area (Å²) in [6.07, 6.45) is 3.26. The molecule has 0 fully saturated rings. The first kappa shape index (κ1) is 13.5. The van der Waals surface area contributed by atoms with Crippen molar-refractivity contribution in [1.29, 1.82) is 0 Å². The maximum Gasteiger partial charge on any atom is 0.251 e. The summed E-state index contributed by atoms with van der Waals surface area (Å²) in [5.41, 5.74) is 1.21. The molecule has 1 aliphatic heterocycles. The third kappa shape index (κ3) is 3.28. The topological polar surface area (TPSA) is 47.6 Å². The van der Waals surface area contributed by atoms with E-state index in [-0.39, 0.29) is 12.7 Å². The van der Waals surface area contributed by atoms with Crippen molar-refractivity contribution < 1.29 is 14.3 Å². The minimum Gasteiger partial charge on any atom is -0.454 e. The summed E-state index contributed by atoms with van der Waals surface area (Å²) in [6.45, 7) is 6.89. The summed E-state index contributed by atoms with van der Waals surface area (Å²) in [7, 11) is 0. The minimum absolute atomic E-state index is 0.130. The minimum atomic E-state index is -0.130. The average Bonchev–Trinajstić information content (AvgIpc) is 2.89. The van der Waals surface area contributed by atoms with Crippen LogP contribution in [-0.2, 0) is 4.79 Å². The molecule has 1 aromatic rings. The monoisotopic (exact) mass is 261 g/mol. The van der Waals surface area contributed by atoms with E-state index < -0.39 is 0 Å². The third-order valence-electron chi connectivity index (χ3n) is 3.06. The lowest BCUT2D eigenvalue weighted by Gasteiger charge is -2.08. The maximum atomic E-state index is 11.9. The first-order chi connectivity index (χ1) is 9.22. The Kier molecular flexibility index (Phi) is 4.44. The number of hydrogen-bond donors (Lipinski definition) is 1. The quantitative estimate of drug-likeness (QED) is 0.632. The zero-order valence-corrected chi connectivity index (χ0v) is 11.2. The van der Waals surface area contributed by atoms with E-state index in [4.69, 9.17) is 9.47 Å². The molecule has 0 bridgehead atoms. The van der Waals surface area contributed by atoms with Gasteiger partial charge in [0.2, 0.25) is 6.79 Å². The van der Waals surface area contributed by atoms with Gasteiger partial charge in [0.25, 0.3) is 5.91 Å². The van der Waals surface area contributed by atoms with E-state index in [1.165, 1.54) is 0 Å². The van der Waals surface area contributed by atoms with E-state index in [9.17, 15) is 4.79 Å². The van der Waals surface area contributed by atoms with Crippen LogP contribution in [0.15, 0.2) is 24.8 Å². The molecule has 0 aromatic heterocycles. The molecule has 1 aromatic carbocycles. The molecular weight excluding hydrogens is 242 g/mol. The van der Waals surface area contributed by atoms with Crippen LogP contribution in [0.1, 0.15) is 31.7 Å². The van der Waals surface area contributed by atoms with Crippen LogP contribution in [0.4, 0.5) is 0 Å². The second kappa shape index (κ2) is 6.27. The lowest BCUT2D eigenvalue weighted by atomic mass is 10.1. The van der Waals surface area contributed by atoms with Gasteiger partial charge in [-0.3, -0.25) is 4.79 Å². The van der Waals surface area contributed by atoms with Crippen molar-refractivity contribution in [3.8, 4) is 11.5 Å². The van der Waals surface area contributed by atoms with Crippen molar-refractivity contribution in [3.05, 3.63) is 30.3 Å². The number of rotatable bonds is 6. The second-order valence-corrected chi connectivity index (χ2v) is 4.51. The number of ether oxygens (including phenoxy) is 2. The van der Waals surface area contributed by atoms with Gasteiger partial charge in [-0.2, -0.15) is 0 Å². The first-order valence-corrected chi connectivity index (χ1v) is 6.59. The van der Waals surface area contributed by atoms with Gasteiger partial charge in [0.15, 0.2) is 11.5 Å². The number of benzene rings is 1. The molecule has 0 saturated heterocycles. The summed E-state index contributed by atoms with van der Waals surface area (Å²) in [5.74, 6) is 1.24. The lowest BCUT2D eigenvalue weighted by molar-refractivity contribution is -0.115. The van der Waals surface area contributed by atoms with Crippen LogP contribution in [0.5, 0.6) is 11.5 Å². The Labute approximate surface area is 113 Å². The van der Waals surface area contributed by atoms with Gasteiger partial charge in [-0.1, -0.05) is 32.4 Å². The summed E-state index contributed by atoms with van der Waals surface area (Å²) >= 11 is 0. The number of carbonyl (C=O) groups is 1. The Bertz CT molecular complexity index is 482. The lowest BCUT2D eigenvalue weighted by Crippen LogP contribution is -2.24. The molecule has 0 atom stereocenters. The van der Waals surface area contributed by atoms with Crippen molar-refractivity contribution in [2.45, 2.75) is 26.2 Å². The maximum absolute atomic E-state index is 11.9. The highest BCUT2D eigenvalue weighted by molar-refractivity contribution is 6.18. The Balaban J connectivity index is 1.93. The van der Waals surface area contributed by atoms with E-state index in [1.54, 1.807) is 12.1 Å². The SMILES string of the molecule is C=C(C(=O)NCCCCC)c1ccc2c(c1)OCO2. The van der Waals surface area contributed by atoms with Gasteiger partial charge >= 0.3 is 0 Å². The van der Waals surface area contributed by atoms with Crippen LogP contribution >= 0.6 is 0 Å². The van der Waals surface area contributed by atoms with E-state index >= 15 is 0 Å². The van der Waals surface area contributed by atoms with Crippen LogP contribution in [0.3, 0.4) is 0 Å². The molecule has 102 valence electrons. The highest BCUT2D eigenvalue weighted by atomic mass is 16.7. The van der Waals surface area contributed by atoms with Crippen LogP contribution in [0.25, 0.3) is 5.57 Å². The van der Waals surface area contributed by atoms with Crippen molar-refractivity contribution >= 4 is 11.5 Å². The standard InChI is InChI=1S/C15H19NO3/c1-3-4-5-8-16-15(17)11(2)12-6-7-13-14(9-12)19-10-18-13/h6-7,9H,2-5,8,10H2,1H3,(H,16,17). The molecule has 0 unspecified atom stereocenters. The molecular formula is C15H19NO3. The molecule has 1 aliphatic rings. The summed E-state index contributed by atoms with van der Waals surface area (Å²) < 4.78 is 10.5. The second-order valence-electron chi connectivity index (χ2n) is 4.51. The van der Waals surface area contributed by atoms with Gasteiger partial charge in [0, 0.05) is 12.1 Å². The molecule has 2 rings (SSSR count). The van der Waals surface area contributed by atoms with Gasteiger partial charge < -0.3 is 14.8 Å². The van der Waals surface area contributed by atoms with Crippen molar-refractivity contribution in [2.24, 2.45) is 0 Å². The summed E-state index contributed by atoms with van der Waals surface area (Å²) in [6, 6.07) is 5.41. The van der Waals surface area contributed by atoms with Crippen molar-refractivity contribution in [2.75, 3.05) is 13.3 Å². The molecule has 4 nitrogen and oxygen atoms in total.